The van der Waals surface area contributed by atoms with Gasteiger partial charge in [0, 0.05) is 11.3 Å². The summed E-state index contributed by atoms with van der Waals surface area (Å²) in [5.74, 6) is 0. The predicted octanol–water partition coefficient (Wildman–Crippen LogP) is 6.57. The van der Waals surface area contributed by atoms with E-state index in [1.54, 1.807) is 11.3 Å². The molecule has 0 aromatic carbocycles. The van der Waals surface area contributed by atoms with Crippen LogP contribution < -0.4 is 4.74 Å². The molecule has 1 rings (SSSR count). The van der Waals surface area contributed by atoms with Crippen LogP contribution in [0.2, 0.25) is 0 Å². The number of aldehydes is 1. The topological polar surface area (TPSA) is 26.3 Å². The number of hydrogen-bond donors (Lipinski definition) is 0. The number of carbonyl (C=O) groups excluding carboxylic acids is 1. The maximum absolute atomic E-state index is 10.4. The van der Waals surface area contributed by atoms with Gasteiger partial charge in [-0.25, -0.2) is 0 Å². The van der Waals surface area contributed by atoms with Crippen LogP contribution in [0.5, 0.6) is 5.06 Å². The van der Waals surface area contributed by atoms with E-state index in [0.29, 0.717) is 6.42 Å². The summed E-state index contributed by atoms with van der Waals surface area (Å²) < 4.78 is 5.73. The lowest BCUT2D eigenvalue weighted by Gasteiger charge is -2.04. The molecule has 0 amide bonds. The Kier molecular flexibility index (Phi) is 13.0. The van der Waals surface area contributed by atoms with Gasteiger partial charge >= 0.3 is 0 Å². The molecule has 2 nitrogen and oxygen atoms in total. The van der Waals surface area contributed by atoms with E-state index in [4.69, 9.17) is 4.74 Å². The van der Waals surface area contributed by atoms with E-state index >= 15 is 0 Å². The highest BCUT2D eigenvalue weighted by Crippen LogP contribution is 2.24. The monoisotopic (exact) mass is 338 g/mol. The molecule has 3 heteroatoms. The summed E-state index contributed by atoms with van der Waals surface area (Å²) >= 11 is 1.59. The van der Waals surface area contributed by atoms with Crippen molar-refractivity contribution in [2.75, 3.05) is 6.61 Å². The normalized spacial score (nSPS) is 10.8. The molecule has 0 aliphatic heterocycles. The summed E-state index contributed by atoms with van der Waals surface area (Å²) in [7, 11) is 0. The maximum atomic E-state index is 10.4. The molecule has 0 aliphatic carbocycles. The number of hydrogen-bond acceptors (Lipinski definition) is 3. The lowest BCUT2D eigenvalue weighted by atomic mass is 10.1. The van der Waals surface area contributed by atoms with Crippen LogP contribution in [-0.4, -0.2) is 12.9 Å². The number of ether oxygens (including phenoxy) is 1. The van der Waals surface area contributed by atoms with Crippen molar-refractivity contribution >= 4 is 17.6 Å². The Morgan fingerprint density at radius 1 is 0.870 bits per heavy atom. The number of thiophene rings is 1. The van der Waals surface area contributed by atoms with Crippen LogP contribution in [0.4, 0.5) is 0 Å². The first-order chi connectivity index (χ1) is 11.4. The zero-order chi connectivity index (χ0) is 16.6. The van der Waals surface area contributed by atoms with Gasteiger partial charge in [-0.3, -0.25) is 0 Å². The summed E-state index contributed by atoms with van der Waals surface area (Å²) in [6.45, 7) is 3.08. The Hall–Kier alpha value is -0.830. The lowest BCUT2D eigenvalue weighted by molar-refractivity contribution is -0.107. The van der Waals surface area contributed by atoms with Crippen molar-refractivity contribution < 1.29 is 9.53 Å². The van der Waals surface area contributed by atoms with E-state index in [9.17, 15) is 4.79 Å². The van der Waals surface area contributed by atoms with Gasteiger partial charge in [-0.05, 0) is 18.6 Å². The van der Waals surface area contributed by atoms with Gasteiger partial charge in [0.15, 0.2) is 5.06 Å². The lowest BCUT2D eigenvalue weighted by Crippen LogP contribution is -1.95. The van der Waals surface area contributed by atoms with Crippen molar-refractivity contribution in [1.82, 2.24) is 0 Å². The Morgan fingerprint density at radius 2 is 1.43 bits per heavy atom. The van der Waals surface area contributed by atoms with E-state index in [-0.39, 0.29) is 0 Å². The standard InChI is InChI=1S/C20H34O2S/c1-2-3-4-5-6-7-8-9-10-11-12-13-18-22-20-15-14-19(23-20)16-17-21/h14-15,17H,2-13,16,18H2,1H3. The first-order valence-electron chi connectivity index (χ1n) is 9.52. The fourth-order valence-corrected chi connectivity index (χ4v) is 3.57. The van der Waals surface area contributed by atoms with Crippen LogP contribution in [0.25, 0.3) is 0 Å². The second-order valence-corrected chi connectivity index (χ2v) is 7.46. The smallest absolute Gasteiger partial charge is 0.173 e. The SMILES string of the molecule is CCCCCCCCCCCCCCOc1ccc(CC=O)s1. The molecule has 0 fully saturated rings. The van der Waals surface area contributed by atoms with E-state index in [1.807, 2.05) is 12.1 Å². The third kappa shape index (κ3) is 11.4. The maximum Gasteiger partial charge on any atom is 0.173 e. The highest BCUT2D eigenvalue weighted by Gasteiger charge is 2.00. The predicted molar refractivity (Wildman–Crippen MR) is 101 cm³/mol. The zero-order valence-corrected chi connectivity index (χ0v) is 15.7. The van der Waals surface area contributed by atoms with Gasteiger partial charge in [-0.15, -0.1) is 11.3 Å². The van der Waals surface area contributed by atoms with Crippen molar-refractivity contribution in [3.05, 3.63) is 17.0 Å². The van der Waals surface area contributed by atoms with Crippen molar-refractivity contribution in [2.45, 2.75) is 90.4 Å². The third-order valence-corrected chi connectivity index (χ3v) is 5.18. The second kappa shape index (κ2) is 14.7. The number of rotatable bonds is 16. The second-order valence-electron chi connectivity index (χ2n) is 6.33. The number of unbranched alkanes of at least 4 members (excludes halogenated alkanes) is 11. The van der Waals surface area contributed by atoms with E-state index in [1.165, 1.54) is 70.6 Å². The van der Waals surface area contributed by atoms with Gasteiger partial charge in [0.05, 0.1) is 6.61 Å². The molecule has 132 valence electrons. The first kappa shape index (κ1) is 20.2. The molecule has 0 saturated heterocycles. The van der Waals surface area contributed by atoms with Crippen LogP contribution in [0.15, 0.2) is 12.1 Å². The average Bonchev–Trinajstić information content (AvgIpc) is 3.00. The Bertz CT molecular complexity index is 387. The van der Waals surface area contributed by atoms with Crippen molar-refractivity contribution in [1.29, 1.82) is 0 Å². The average molecular weight is 339 g/mol. The molecular formula is C20H34O2S. The Labute approximate surface area is 146 Å². The largest absolute Gasteiger partial charge is 0.484 e. The van der Waals surface area contributed by atoms with Crippen LogP contribution in [0.3, 0.4) is 0 Å². The van der Waals surface area contributed by atoms with E-state index in [0.717, 1.165) is 29.3 Å². The Balaban J connectivity index is 1.81. The van der Waals surface area contributed by atoms with Gasteiger partial charge in [0.2, 0.25) is 0 Å². The fourth-order valence-electron chi connectivity index (χ4n) is 2.74. The van der Waals surface area contributed by atoms with Crippen LogP contribution >= 0.6 is 11.3 Å². The zero-order valence-electron chi connectivity index (χ0n) is 14.9. The minimum absolute atomic E-state index is 0.507. The highest BCUT2D eigenvalue weighted by molar-refractivity contribution is 7.13. The molecule has 0 radical (unpaired) electrons. The minimum Gasteiger partial charge on any atom is -0.484 e. The van der Waals surface area contributed by atoms with Crippen molar-refractivity contribution in [2.24, 2.45) is 0 Å². The molecule has 1 heterocycles. The fraction of sp³-hybridized carbons (Fsp3) is 0.750. The van der Waals surface area contributed by atoms with E-state index in [2.05, 4.69) is 6.92 Å². The molecule has 23 heavy (non-hydrogen) atoms. The van der Waals surface area contributed by atoms with Gasteiger partial charge in [-0.2, -0.15) is 0 Å². The number of carbonyl (C=O) groups is 1. The van der Waals surface area contributed by atoms with E-state index < -0.39 is 0 Å². The van der Waals surface area contributed by atoms with Gasteiger partial charge in [0.25, 0.3) is 0 Å². The van der Waals surface area contributed by atoms with Crippen LogP contribution in [0.1, 0.15) is 88.9 Å². The van der Waals surface area contributed by atoms with Gasteiger partial charge in [-0.1, -0.05) is 77.6 Å². The summed E-state index contributed by atoms with van der Waals surface area (Å²) in [6, 6.07) is 3.96. The van der Waals surface area contributed by atoms with Gasteiger partial charge < -0.3 is 9.53 Å². The first-order valence-corrected chi connectivity index (χ1v) is 10.3. The van der Waals surface area contributed by atoms with Crippen LogP contribution in [-0.2, 0) is 11.2 Å². The van der Waals surface area contributed by atoms with Gasteiger partial charge in [0.1, 0.15) is 6.29 Å². The van der Waals surface area contributed by atoms with Crippen LogP contribution in [0, 0.1) is 0 Å². The minimum atomic E-state index is 0.507. The molecule has 0 saturated carbocycles. The molecule has 0 bridgehead atoms. The molecule has 0 spiro atoms. The third-order valence-electron chi connectivity index (χ3n) is 4.16. The molecule has 1 aromatic rings. The molecule has 0 unspecified atom stereocenters. The summed E-state index contributed by atoms with van der Waals surface area (Å²) in [4.78, 5) is 11.5. The molecule has 0 atom stereocenters. The summed E-state index contributed by atoms with van der Waals surface area (Å²) in [5.41, 5.74) is 0. The summed E-state index contributed by atoms with van der Waals surface area (Å²) in [5, 5.41) is 0.949. The molecule has 0 N–H and O–H groups in total. The highest BCUT2D eigenvalue weighted by atomic mass is 32.1. The van der Waals surface area contributed by atoms with Crippen molar-refractivity contribution in [3.8, 4) is 5.06 Å². The molecule has 0 aliphatic rings. The Morgan fingerprint density at radius 3 is 2.00 bits per heavy atom. The van der Waals surface area contributed by atoms with Crippen molar-refractivity contribution in [3.63, 3.8) is 0 Å². The molecular weight excluding hydrogens is 304 g/mol. The quantitative estimate of drug-likeness (QED) is 0.252. The summed E-state index contributed by atoms with van der Waals surface area (Å²) in [6.07, 6.45) is 17.8. The molecule has 1 aromatic heterocycles.